The predicted molar refractivity (Wildman–Crippen MR) is 83.8 cm³/mol. The number of unbranched alkanes of at least 4 members (excludes halogenated alkanes) is 2. The van der Waals surface area contributed by atoms with E-state index in [4.69, 9.17) is 0 Å². The number of aryl methyl sites for hydroxylation is 1. The summed E-state index contributed by atoms with van der Waals surface area (Å²) in [6.45, 7) is 6.16. The molecule has 1 fully saturated rings. The van der Waals surface area contributed by atoms with E-state index in [0.29, 0.717) is 5.92 Å². The lowest BCUT2D eigenvalue weighted by Crippen LogP contribution is -2.48. The van der Waals surface area contributed by atoms with Crippen LogP contribution in [0.15, 0.2) is 24.3 Å². The van der Waals surface area contributed by atoms with Crippen LogP contribution in [-0.2, 0) is 11.2 Å². The zero-order valence-corrected chi connectivity index (χ0v) is 12.6. The average Bonchev–Trinajstić information content (AvgIpc) is 2.39. The number of anilines is 1. The Labute approximate surface area is 122 Å². The summed E-state index contributed by atoms with van der Waals surface area (Å²) in [5, 5.41) is 6.23. The molecule has 1 aliphatic rings. The van der Waals surface area contributed by atoms with Crippen LogP contribution in [0.25, 0.3) is 0 Å². The molecule has 0 radical (unpaired) electrons. The van der Waals surface area contributed by atoms with Gasteiger partial charge in [0.25, 0.3) is 0 Å². The first-order valence-electron chi connectivity index (χ1n) is 7.81. The fourth-order valence-corrected chi connectivity index (χ4v) is 2.47. The number of benzene rings is 1. The van der Waals surface area contributed by atoms with Gasteiger partial charge in [-0.25, -0.2) is 0 Å². The molecule has 2 rings (SSSR count). The van der Waals surface area contributed by atoms with Crippen LogP contribution in [0.4, 0.5) is 5.69 Å². The predicted octanol–water partition coefficient (Wildman–Crippen LogP) is 3.21. The largest absolute Gasteiger partial charge is 0.326 e. The number of carbonyl (C=O) groups excluding carboxylic acids is 1. The molecule has 1 saturated heterocycles. The number of rotatable bonds is 7. The van der Waals surface area contributed by atoms with E-state index in [1.54, 1.807) is 0 Å². The number of hydrogen-bond acceptors (Lipinski definition) is 2. The van der Waals surface area contributed by atoms with Crippen molar-refractivity contribution in [3.8, 4) is 0 Å². The maximum absolute atomic E-state index is 12.1. The molecule has 20 heavy (non-hydrogen) atoms. The molecule has 1 aliphatic heterocycles. The van der Waals surface area contributed by atoms with Crippen molar-refractivity contribution in [3.63, 3.8) is 0 Å². The fourth-order valence-electron chi connectivity index (χ4n) is 2.47. The van der Waals surface area contributed by atoms with E-state index in [0.717, 1.165) is 25.2 Å². The molecule has 0 aromatic heterocycles. The van der Waals surface area contributed by atoms with Crippen LogP contribution in [-0.4, -0.2) is 19.0 Å². The first kappa shape index (κ1) is 15.0. The van der Waals surface area contributed by atoms with E-state index in [-0.39, 0.29) is 11.8 Å². The lowest BCUT2D eigenvalue weighted by Gasteiger charge is -2.31. The summed E-state index contributed by atoms with van der Waals surface area (Å²) in [5.74, 6) is 0.707. The van der Waals surface area contributed by atoms with Crippen molar-refractivity contribution in [2.75, 3.05) is 18.4 Å². The maximum atomic E-state index is 12.1. The molecular weight excluding hydrogens is 248 g/mol. The molecule has 1 aromatic rings. The van der Waals surface area contributed by atoms with Crippen molar-refractivity contribution < 1.29 is 4.79 Å². The van der Waals surface area contributed by atoms with Gasteiger partial charge >= 0.3 is 0 Å². The van der Waals surface area contributed by atoms with Crippen molar-refractivity contribution >= 4 is 11.6 Å². The minimum Gasteiger partial charge on any atom is -0.326 e. The second-order valence-corrected chi connectivity index (χ2v) is 5.85. The lowest BCUT2D eigenvalue weighted by molar-refractivity contribution is -0.121. The van der Waals surface area contributed by atoms with Crippen LogP contribution in [0.1, 0.15) is 38.7 Å². The molecule has 1 aromatic carbocycles. The summed E-state index contributed by atoms with van der Waals surface area (Å²) in [6.07, 6.45) is 4.91. The average molecular weight is 274 g/mol. The molecule has 110 valence electrons. The van der Waals surface area contributed by atoms with Crippen LogP contribution in [0.2, 0.25) is 0 Å². The van der Waals surface area contributed by atoms with E-state index < -0.39 is 0 Å². The number of amides is 1. The summed E-state index contributed by atoms with van der Waals surface area (Å²) in [5.41, 5.74) is 2.26. The van der Waals surface area contributed by atoms with Gasteiger partial charge in [0.05, 0.1) is 0 Å². The van der Waals surface area contributed by atoms with Crippen molar-refractivity contribution in [2.45, 2.75) is 39.5 Å². The van der Waals surface area contributed by atoms with E-state index in [1.165, 1.54) is 24.8 Å². The van der Waals surface area contributed by atoms with Gasteiger partial charge in [-0.2, -0.15) is 0 Å². The Morgan fingerprint density at radius 1 is 1.30 bits per heavy atom. The minimum absolute atomic E-state index is 0.0838. The molecule has 0 aliphatic carbocycles. The lowest BCUT2D eigenvalue weighted by atomic mass is 9.88. The standard InChI is InChI=1S/C17H26N2O/c1-3-4-5-6-14-7-9-16(10-8-14)19-17(20)13(2)15-11-18-12-15/h7-10,13,15,18H,3-6,11-12H2,1-2H3,(H,19,20). The molecule has 0 saturated carbocycles. The smallest absolute Gasteiger partial charge is 0.227 e. The molecule has 0 bridgehead atoms. The summed E-state index contributed by atoms with van der Waals surface area (Å²) in [7, 11) is 0. The minimum atomic E-state index is 0.0838. The van der Waals surface area contributed by atoms with Crippen LogP contribution >= 0.6 is 0 Å². The second-order valence-electron chi connectivity index (χ2n) is 5.85. The third-order valence-electron chi connectivity index (χ3n) is 4.22. The van der Waals surface area contributed by atoms with Crippen LogP contribution < -0.4 is 10.6 Å². The fraction of sp³-hybridized carbons (Fsp3) is 0.588. The van der Waals surface area contributed by atoms with Crippen molar-refractivity contribution in [2.24, 2.45) is 11.8 Å². The summed E-state index contributed by atoms with van der Waals surface area (Å²) in [6, 6.07) is 8.29. The molecule has 1 atom stereocenters. The van der Waals surface area contributed by atoms with Gasteiger partial charge in [0.1, 0.15) is 0 Å². The monoisotopic (exact) mass is 274 g/mol. The van der Waals surface area contributed by atoms with Gasteiger partial charge in [-0.15, -0.1) is 0 Å². The van der Waals surface area contributed by atoms with Gasteiger partial charge in [-0.05, 0) is 49.5 Å². The maximum Gasteiger partial charge on any atom is 0.227 e. The number of carbonyl (C=O) groups is 1. The third-order valence-corrected chi connectivity index (χ3v) is 4.22. The summed E-state index contributed by atoms with van der Waals surface area (Å²) in [4.78, 5) is 12.1. The number of nitrogens with one attached hydrogen (secondary N) is 2. The highest BCUT2D eigenvalue weighted by Gasteiger charge is 2.28. The van der Waals surface area contributed by atoms with Gasteiger partial charge in [0.15, 0.2) is 0 Å². The molecule has 3 nitrogen and oxygen atoms in total. The van der Waals surface area contributed by atoms with Gasteiger partial charge < -0.3 is 10.6 Å². The zero-order valence-electron chi connectivity index (χ0n) is 12.6. The Morgan fingerprint density at radius 2 is 2.00 bits per heavy atom. The Balaban J connectivity index is 1.81. The van der Waals surface area contributed by atoms with Crippen molar-refractivity contribution in [1.29, 1.82) is 0 Å². The quantitative estimate of drug-likeness (QED) is 0.750. The Morgan fingerprint density at radius 3 is 2.55 bits per heavy atom. The van der Waals surface area contributed by atoms with Gasteiger partial charge in [-0.1, -0.05) is 38.8 Å². The van der Waals surface area contributed by atoms with E-state index in [1.807, 2.05) is 19.1 Å². The molecule has 1 unspecified atom stereocenters. The van der Waals surface area contributed by atoms with Crippen LogP contribution in [0, 0.1) is 11.8 Å². The Bertz CT molecular complexity index is 423. The van der Waals surface area contributed by atoms with E-state index in [2.05, 4.69) is 29.7 Å². The molecule has 2 N–H and O–H groups in total. The normalized spacial score (nSPS) is 16.5. The van der Waals surface area contributed by atoms with Gasteiger partial charge in [-0.3, -0.25) is 4.79 Å². The summed E-state index contributed by atoms with van der Waals surface area (Å²) >= 11 is 0. The van der Waals surface area contributed by atoms with Gasteiger partial charge in [0.2, 0.25) is 5.91 Å². The number of hydrogen-bond donors (Lipinski definition) is 2. The highest BCUT2D eigenvalue weighted by atomic mass is 16.1. The first-order valence-corrected chi connectivity index (χ1v) is 7.81. The molecule has 0 spiro atoms. The Hall–Kier alpha value is -1.35. The second kappa shape index (κ2) is 7.44. The van der Waals surface area contributed by atoms with Crippen LogP contribution in [0.3, 0.4) is 0 Å². The highest BCUT2D eigenvalue weighted by molar-refractivity contribution is 5.92. The molecule has 3 heteroatoms. The zero-order chi connectivity index (χ0) is 14.4. The van der Waals surface area contributed by atoms with E-state index in [9.17, 15) is 4.79 Å². The topological polar surface area (TPSA) is 41.1 Å². The highest BCUT2D eigenvalue weighted by Crippen LogP contribution is 2.19. The Kier molecular flexibility index (Phi) is 5.60. The summed E-state index contributed by atoms with van der Waals surface area (Å²) < 4.78 is 0. The first-order chi connectivity index (χ1) is 9.70. The third kappa shape index (κ3) is 4.07. The molecule has 1 heterocycles. The van der Waals surface area contributed by atoms with Crippen LogP contribution in [0.5, 0.6) is 0 Å². The molecule has 1 amide bonds. The van der Waals surface area contributed by atoms with Crippen molar-refractivity contribution in [1.82, 2.24) is 5.32 Å². The SMILES string of the molecule is CCCCCc1ccc(NC(=O)C(C)C2CNC2)cc1. The molecular formula is C17H26N2O. The van der Waals surface area contributed by atoms with Gasteiger partial charge in [0, 0.05) is 11.6 Å². The van der Waals surface area contributed by atoms with E-state index >= 15 is 0 Å². The van der Waals surface area contributed by atoms with Crippen molar-refractivity contribution in [3.05, 3.63) is 29.8 Å².